The van der Waals surface area contributed by atoms with Crippen molar-refractivity contribution in [2.45, 2.75) is 25.4 Å². The summed E-state index contributed by atoms with van der Waals surface area (Å²) in [6.45, 7) is 2.06. The maximum atomic E-state index is 5.98. The molecule has 3 aromatic heterocycles. The predicted molar refractivity (Wildman–Crippen MR) is 101 cm³/mol. The van der Waals surface area contributed by atoms with Crippen molar-refractivity contribution in [2.24, 2.45) is 0 Å². The minimum atomic E-state index is 0.386. The maximum Gasteiger partial charge on any atom is 0.166 e. The lowest BCUT2D eigenvalue weighted by molar-refractivity contribution is 0.0853. The van der Waals surface area contributed by atoms with Gasteiger partial charge in [0.25, 0.3) is 0 Å². The highest BCUT2D eigenvalue weighted by Gasteiger charge is 2.19. The van der Waals surface area contributed by atoms with Crippen LogP contribution in [-0.4, -0.2) is 28.2 Å². The fourth-order valence-corrected chi connectivity index (χ4v) is 3.97. The molecule has 4 rings (SSSR count). The number of pyridine rings is 2. The number of thiazole rings is 1. The summed E-state index contributed by atoms with van der Waals surface area (Å²) in [7, 11) is 0. The fraction of sp³-hybridized carbons (Fsp3) is 0.316. The first kappa shape index (κ1) is 16.9. The molecule has 0 spiro atoms. The molecule has 1 fully saturated rings. The average molecular weight is 368 g/mol. The van der Waals surface area contributed by atoms with Crippen LogP contribution in [0.4, 0.5) is 5.82 Å². The molecule has 0 bridgehead atoms. The van der Waals surface area contributed by atoms with Crippen LogP contribution >= 0.6 is 11.3 Å². The smallest absolute Gasteiger partial charge is 0.166 e. The second kappa shape index (κ2) is 7.80. The van der Waals surface area contributed by atoms with Gasteiger partial charge in [0.05, 0.1) is 9.88 Å². The van der Waals surface area contributed by atoms with E-state index in [0.29, 0.717) is 24.1 Å². The first-order valence-electron chi connectivity index (χ1n) is 8.60. The molecule has 0 saturated carbocycles. The molecule has 0 unspecified atom stereocenters. The van der Waals surface area contributed by atoms with Crippen LogP contribution in [0.2, 0.25) is 0 Å². The zero-order chi connectivity index (χ0) is 17.8. The quantitative estimate of drug-likeness (QED) is 0.740. The van der Waals surface area contributed by atoms with E-state index in [1.165, 1.54) is 5.01 Å². The molecule has 0 atom stereocenters. The Morgan fingerprint density at radius 1 is 1.15 bits per heavy atom. The number of nitrogens with two attached hydrogens (primary N) is 1. The Morgan fingerprint density at radius 2 is 1.96 bits per heavy atom. The van der Waals surface area contributed by atoms with Gasteiger partial charge in [-0.3, -0.25) is 4.98 Å². The molecule has 6 nitrogen and oxygen atoms in total. The molecule has 2 N–H and O–H groups in total. The van der Waals surface area contributed by atoms with Gasteiger partial charge in [0.2, 0.25) is 0 Å². The van der Waals surface area contributed by atoms with E-state index in [1.54, 1.807) is 29.9 Å². The third kappa shape index (κ3) is 3.84. The van der Waals surface area contributed by atoms with Crippen LogP contribution in [-0.2, 0) is 11.3 Å². The van der Waals surface area contributed by atoms with Crippen molar-refractivity contribution in [3.05, 3.63) is 53.6 Å². The normalized spacial score (nSPS) is 15.1. The zero-order valence-corrected chi connectivity index (χ0v) is 15.1. The summed E-state index contributed by atoms with van der Waals surface area (Å²) in [5, 5.41) is 1.17. The van der Waals surface area contributed by atoms with Crippen LogP contribution in [0.25, 0.3) is 10.4 Å². The van der Waals surface area contributed by atoms with Gasteiger partial charge in [-0.1, -0.05) is 0 Å². The van der Waals surface area contributed by atoms with Crippen LogP contribution in [0.5, 0.6) is 5.75 Å². The Hall–Kier alpha value is -2.51. The fourth-order valence-electron chi connectivity index (χ4n) is 2.90. The second-order valence-electron chi connectivity index (χ2n) is 6.20. The van der Waals surface area contributed by atoms with Crippen LogP contribution in [0.15, 0.2) is 43.0 Å². The Kier molecular flexibility index (Phi) is 5.08. The topological polar surface area (TPSA) is 83.2 Å². The van der Waals surface area contributed by atoms with Gasteiger partial charge in [0.15, 0.2) is 11.6 Å². The highest BCUT2D eigenvalue weighted by atomic mass is 32.1. The summed E-state index contributed by atoms with van der Waals surface area (Å²) in [6, 6.07) is 5.76. The molecular formula is C19H20N4O2S. The molecule has 0 aromatic carbocycles. The monoisotopic (exact) mass is 368 g/mol. The van der Waals surface area contributed by atoms with Gasteiger partial charge in [0, 0.05) is 49.5 Å². The van der Waals surface area contributed by atoms with E-state index in [4.69, 9.17) is 15.2 Å². The van der Waals surface area contributed by atoms with Crippen molar-refractivity contribution < 1.29 is 9.47 Å². The lowest BCUT2D eigenvalue weighted by atomic mass is 10.0. The van der Waals surface area contributed by atoms with Crippen molar-refractivity contribution in [1.29, 1.82) is 0 Å². The third-order valence-corrected chi connectivity index (χ3v) is 5.61. The van der Waals surface area contributed by atoms with E-state index >= 15 is 0 Å². The van der Waals surface area contributed by atoms with Crippen LogP contribution in [0.1, 0.15) is 29.3 Å². The zero-order valence-electron chi connectivity index (χ0n) is 14.3. The molecule has 1 aliphatic rings. The maximum absolute atomic E-state index is 5.98. The number of hydrogen-bond donors (Lipinski definition) is 1. The van der Waals surface area contributed by atoms with E-state index in [-0.39, 0.29) is 0 Å². The molecule has 134 valence electrons. The molecule has 3 aromatic rings. The standard InChI is InChI=1S/C19H20N4O2S/c20-18-16(25-12-13-1-5-21-6-2-13)9-15(10-22-18)17-11-23-19(26-17)14-3-7-24-8-4-14/h1-2,5-6,9-11,14H,3-4,7-8,12H2,(H2,20,22). The summed E-state index contributed by atoms with van der Waals surface area (Å²) in [6.07, 6.45) is 9.24. The van der Waals surface area contributed by atoms with E-state index in [1.807, 2.05) is 24.4 Å². The van der Waals surface area contributed by atoms with E-state index in [2.05, 4.69) is 15.0 Å². The molecule has 7 heteroatoms. The van der Waals surface area contributed by atoms with Crippen molar-refractivity contribution in [3.8, 4) is 16.2 Å². The molecule has 1 saturated heterocycles. The van der Waals surface area contributed by atoms with E-state index in [0.717, 1.165) is 42.1 Å². The summed E-state index contributed by atoms with van der Waals surface area (Å²) >= 11 is 1.71. The highest BCUT2D eigenvalue weighted by Crippen LogP contribution is 2.36. The van der Waals surface area contributed by atoms with Gasteiger partial charge in [0.1, 0.15) is 6.61 Å². The summed E-state index contributed by atoms with van der Waals surface area (Å²) < 4.78 is 11.3. The molecule has 0 radical (unpaired) electrons. The highest BCUT2D eigenvalue weighted by molar-refractivity contribution is 7.15. The predicted octanol–water partition coefficient (Wildman–Crippen LogP) is 3.66. The van der Waals surface area contributed by atoms with Gasteiger partial charge >= 0.3 is 0 Å². The third-order valence-electron chi connectivity index (χ3n) is 4.40. The minimum absolute atomic E-state index is 0.386. The number of nitrogen functional groups attached to an aromatic ring is 1. The summed E-state index contributed by atoms with van der Waals surface area (Å²) in [4.78, 5) is 14.0. The number of anilines is 1. The minimum Gasteiger partial charge on any atom is -0.485 e. The van der Waals surface area contributed by atoms with E-state index < -0.39 is 0 Å². The molecule has 0 aliphatic carbocycles. The Balaban J connectivity index is 1.51. The molecule has 4 heterocycles. The summed E-state index contributed by atoms with van der Waals surface area (Å²) in [5.74, 6) is 1.46. The molecule has 0 amide bonds. The van der Waals surface area contributed by atoms with Crippen molar-refractivity contribution >= 4 is 17.2 Å². The lowest BCUT2D eigenvalue weighted by Crippen LogP contribution is -2.13. The van der Waals surface area contributed by atoms with Crippen molar-refractivity contribution in [3.63, 3.8) is 0 Å². The van der Waals surface area contributed by atoms with Crippen molar-refractivity contribution in [2.75, 3.05) is 18.9 Å². The Morgan fingerprint density at radius 3 is 2.77 bits per heavy atom. The number of aromatic nitrogens is 3. The van der Waals surface area contributed by atoms with Gasteiger partial charge in [-0.25, -0.2) is 9.97 Å². The lowest BCUT2D eigenvalue weighted by Gasteiger charge is -2.19. The number of ether oxygens (including phenoxy) is 2. The first-order chi connectivity index (χ1) is 12.8. The Bertz CT molecular complexity index is 863. The first-order valence-corrected chi connectivity index (χ1v) is 9.42. The largest absolute Gasteiger partial charge is 0.485 e. The summed E-state index contributed by atoms with van der Waals surface area (Å²) in [5.41, 5.74) is 7.98. The Labute approximate surface area is 156 Å². The van der Waals surface area contributed by atoms with Crippen molar-refractivity contribution in [1.82, 2.24) is 15.0 Å². The average Bonchev–Trinajstić information content (AvgIpc) is 3.19. The molecular weight excluding hydrogens is 348 g/mol. The molecule has 26 heavy (non-hydrogen) atoms. The van der Waals surface area contributed by atoms with Crippen LogP contribution < -0.4 is 10.5 Å². The number of nitrogens with zero attached hydrogens (tertiary/aromatic N) is 3. The number of hydrogen-bond acceptors (Lipinski definition) is 7. The van der Waals surface area contributed by atoms with Crippen LogP contribution in [0, 0.1) is 0 Å². The van der Waals surface area contributed by atoms with Crippen LogP contribution in [0.3, 0.4) is 0 Å². The van der Waals surface area contributed by atoms with Gasteiger partial charge in [-0.2, -0.15) is 0 Å². The van der Waals surface area contributed by atoms with Gasteiger partial charge in [-0.05, 0) is 36.6 Å². The van der Waals surface area contributed by atoms with Gasteiger partial charge < -0.3 is 15.2 Å². The SMILES string of the molecule is Nc1ncc(-c2cnc(C3CCOCC3)s2)cc1OCc1ccncc1. The second-order valence-corrected chi connectivity index (χ2v) is 7.26. The number of rotatable bonds is 5. The molecule has 1 aliphatic heterocycles. The van der Waals surface area contributed by atoms with Gasteiger partial charge in [-0.15, -0.1) is 11.3 Å². The van der Waals surface area contributed by atoms with E-state index in [9.17, 15) is 0 Å².